The van der Waals surface area contributed by atoms with Crippen LogP contribution in [-0.2, 0) is 6.42 Å². The topological polar surface area (TPSA) is 20.3 Å². The molecule has 2 aromatic rings. The first-order chi connectivity index (χ1) is 9.11. The van der Waals surface area contributed by atoms with Crippen molar-refractivity contribution < 1.29 is 4.79 Å². The van der Waals surface area contributed by atoms with Crippen molar-refractivity contribution in [2.45, 2.75) is 13.3 Å². The fourth-order valence-corrected chi connectivity index (χ4v) is 2.02. The SMILES string of the molecule is CCc1cccc(C(=O)c2cccc(N(C)C)c2)c1. The summed E-state index contributed by atoms with van der Waals surface area (Å²) in [6.45, 7) is 2.09. The fourth-order valence-electron chi connectivity index (χ4n) is 2.02. The maximum Gasteiger partial charge on any atom is 0.193 e. The lowest BCUT2D eigenvalue weighted by Gasteiger charge is -2.13. The first-order valence-corrected chi connectivity index (χ1v) is 6.53. The Kier molecular flexibility index (Phi) is 4.00. The average Bonchev–Trinajstić information content (AvgIpc) is 2.46. The third-order valence-corrected chi connectivity index (χ3v) is 3.22. The molecule has 0 aliphatic heterocycles. The zero-order chi connectivity index (χ0) is 13.8. The van der Waals surface area contributed by atoms with Gasteiger partial charge in [0.2, 0.25) is 0 Å². The summed E-state index contributed by atoms with van der Waals surface area (Å²) in [5.41, 5.74) is 3.72. The zero-order valence-electron chi connectivity index (χ0n) is 11.7. The molecule has 0 radical (unpaired) electrons. The highest BCUT2D eigenvalue weighted by atomic mass is 16.1. The molecule has 2 rings (SSSR count). The summed E-state index contributed by atoms with van der Waals surface area (Å²) in [4.78, 5) is 14.5. The summed E-state index contributed by atoms with van der Waals surface area (Å²) in [5, 5.41) is 0. The van der Waals surface area contributed by atoms with Gasteiger partial charge in [0.15, 0.2) is 5.78 Å². The van der Waals surface area contributed by atoms with E-state index in [4.69, 9.17) is 0 Å². The number of anilines is 1. The van der Waals surface area contributed by atoms with Crippen LogP contribution in [0.15, 0.2) is 48.5 Å². The van der Waals surface area contributed by atoms with E-state index in [0.717, 1.165) is 23.2 Å². The molecule has 0 atom stereocenters. The van der Waals surface area contributed by atoms with E-state index in [-0.39, 0.29) is 5.78 Å². The lowest BCUT2D eigenvalue weighted by atomic mass is 10.00. The van der Waals surface area contributed by atoms with Gasteiger partial charge in [-0.05, 0) is 30.2 Å². The van der Waals surface area contributed by atoms with Gasteiger partial charge in [-0.25, -0.2) is 0 Å². The second kappa shape index (κ2) is 5.70. The van der Waals surface area contributed by atoms with E-state index in [9.17, 15) is 4.79 Å². The van der Waals surface area contributed by atoms with Gasteiger partial charge in [-0.15, -0.1) is 0 Å². The zero-order valence-corrected chi connectivity index (χ0v) is 11.7. The molecule has 0 saturated heterocycles. The normalized spacial score (nSPS) is 10.3. The number of carbonyl (C=O) groups excluding carboxylic acids is 1. The Morgan fingerprint density at radius 1 is 1.00 bits per heavy atom. The Bertz CT molecular complexity index is 587. The van der Waals surface area contributed by atoms with Gasteiger partial charge in [0, 0.05) is 30.9 Å². The number of rotatable bonds is 4. The molecule has 0 spiro atoms. The van der Waals surface area contributed by atoms with Crippen LogP contribution in [0, 0.1) is 0 Å². The Labute approximate surface area is 114 Å². The van der Waals surface area contributed by atoms with Crippen molar-refractivity contribution in [3.05, 3.63) is 65.2 Å². The van der Waals surface area contributed by atoms with Crippen LogP contribution in [-0.4, -0.2) is 19.9 Å². The number of aryl methyl sites for hydroxylation is 1. The van der Waals surface area contributed by atoms with E-state index < -0.39 is 0 Å². The van der Waals surface area contributed by atoms with Gasteiger partial charge in [-0.3, -0.25) is 4.79 Å². The summed E-state index contributed by atoms with van der Waals surface area (Å²) < 4.78 is 0. The summed E-state index contributed by atoms with van der Waals surface area (Å²) in [6, 6.07) is 15.6. The van der Waals surface area contributed by atoms with E-state index in [2.05, 4.69) is 6.92 Å². The highest BCUT2D eigenvalue weighted by Gasteiger charge is 2.10. The molecule has 2 aromatic carbocycles. The molecular formula is C17H19NO. The molecule has 0 fully saturated rings. The minimum atomic E-state index is 0.0824. The van der Waals surface area contributed by atoms with Crippen LogP contribution in [0.25, 0.3) is 0 Å². The van der Waals surface area contributed by atoms with Gasteiger partial charge in [0.05, 0.1) is 0 Å². The lowest BCUT2D eigenvalue weighted by molar-refractivity contribution is 0.103. The molecular weight excluding hydrogens is 234 g/mol. The number of hydrogen-bond acceptors (Lipinski definition) is 2. The second-order valence-corrected chi connectivity index (χ2v) is 4.83. The third kappa shape index (κ3) is 3.02. The number of hydrogen-bond donors (Lipinski definition) is 0. The Balaban J connectivity index is 2.35. The molecule has 0 saturated carbocycles. The highest BCUT2D eigenvalue weighted by Crippen LogP contribution is 2.17. The van der Waals surface area contributed by atoms with Crippen LogP contribution in [0.4, 0.5) is 5.69 Å². The second-order valence-electron chi connectivity index (χ2n) is 4.83. The Morgan fingerprint density at radius 3 is 2.26 bits per heavy atom. The minimum Gasteiger partial charge on any atom is -0.378 e. The van der Waals surface area contributed by atoms with Crippen molar-refractivity contribution in [2.75, 3.05) is 19.0 Å². The van der Waals surface area contributed by atoms with Crippen molar-refractivity contribution >= 4 is 11.5 Å². The van der Waals surface area contributed by atoms with Crippen molar-refractivity contribution in [2.24, 2.45) is 0 Å². The van der Waals surface area contributed by atoms with Crippen molar-refractivity contribution in [1.82, 2.24) is 0 Å². The lowest BCUT2D eigenvalue weighted by Crippen LogP contribution is -2.10. The van der Waals surface area contributed by atoms with Crippen LogP contribution in [0.1, 0.15) is 28.4 Å². The Morgan fingerprint density at radius 2 is 1.63 bits per heavy atom. The Hall–Kier alpha value is -2.09. The fraction of sp³-hybridized carbons (Fsp3) is 0.235. The van der Waals surface area contributed by atoms with Crippen LogP contribution >= 0.6 is 0 Å². The molecule has 0 unspecified atom stereocenters. The van der Waals surface area contributed by atoms with Crippen molar-refractivity contribution in [1.29, 1.82) is 0 Å². The average molecular weight is 253 g/mol. The molecule has 0 aliphatic rings. The summed E-state index contributed by atoms with van der Waals surface area (Å²) in [6.07, 6.45) is 0.943. The molecule has 0 aliphatic carbocycles. The molecule has 0 amide bonds. The quantitative estimate of drug-likeness (QED) is 0.777. The van der Waals surface area contributed by atoms with Crippen LogP contribution in [0.3, 0.4) is 0 Å². The smallest absolute Gasteiger partial charge is 0.193 e. The van der Waals surface area contributed by atoms with Crippen molar-refractivity contribution in [3.63, 3.8) is 0 Å². The summed E-state index contributed by atoms with van der Waals surface area (Å²) in [5.74, 6) is 0.0824. The summed E-state index contributed by atoms with van der Waals surface area (Å²) in [7, 11) is 3.95. The van der Waals surface area contributed by atoms with Crippen LogP contribution in [0.5, 0.6) is 0 Å². The third-order valence-electron chi connectivity index (χ3n) is 3.22. The molecule has 0 aromatic heterocycles. The largest absolute Gasteiger partial charge is 0.378 e. The van der Waals surface area contributed by atoms with Crippen LogP contribution in [0.2, 0.25) is 0 Å². The van der Waals surface area contributed by atoms with E-state index in [1.165, 1.54) is 5.56 Å². The number of ketones is 1. The number of carbonyl (C=O) groups is 1. The van der Waals surface area contributed by atoms with E-state index in [1.54, 1.807) is 0 Å². The van der Waals surface area contributed by atoms with Gasteiger partial charge in [0.1, 0.15) is 0 Å². The highest BCUT2D eigenvalue weighted by molar-refractivity contribution is 6.09. The molecule has 19 heavy (non-hydrogen) atoms. The van der Waals surface area contributed by atoms with Gasteiger partial charge in [-0.2, -0.15) is 0 Å². The molecule has 2 heteroatoms. The molecule has 0 bridgehead atoms. The monoisotopic (exact) mass is 253 g/mol. The van der Waals surface area contributed by atoms with Gasteiger partial charge in [0.25, 0.3) is 0 Å². The summed E-state index contributed by atoms with van der Waals surface area (Å²) >= 11 is 0. The maximum atomic E-state index is 12.5. The van der Waals surface area contributed by atoms with E-state index >= 15 is 0 Å². The molecule has 98 valence electrons. The van der Waals surface area contributed by atoms with Crippen molar-refractivity contribution in [3.8, 4) is 0 Å². The predicted octanol–water partition coefficient (Wildman–Crippen LogP) is 3.55. The maximum absolute atomic E-state index is 12.5. The molecule has 0 heterocycles. The minimum absolute atomic E-state index is 0.0824. The molecule has 0 N–H and O–H groups in total. The number of benzene rings is 2. The van der Waals surface area contributed by atoms with E-state index in [1.807, 2.05) is 67.5 Å². The first kappa shape index (κ1) is 13.3. The first-order valence-electron chi connectivity index (χ1n) is 6.53. The van der Waals surface area contributed by atoms with E-state index in [0.29, 0.717) is 0 Å². The van der Waals surface area contributed by atoms with Crippen LogP contribution < -0.4 is 4.90 Å². The predicted molar refractivity (Wildman–Crippen MR) is 80.0 cm³/mol. The van der Waals surface area contributed by atoms with Gasteiger partial charge >= 0.3 is 0 Å². The molecule has 2 nitrogen and oxygen atoms in total. The van der Waals surface area contributed by atoms with Gasteiger partial charge in [-0.1, -0.05) is 37.3 Å². The standard InChI is InChI=1S/C17H19NO/c1-4-13-7-5-8-14(11-13)17(19)15-9-6-10-16(12-15)18(2)3/h5-12H,4H2,1-3H3. The van der Waals surface area contributed by atoms with Gasteiger partial charge < -0.3 is 4.90 Å². The number of nitrogens with zero attached hydrogens (tertiary/aromatic N) is 1.